The molecule has 8 saturated carbocycles. The van der Waals surface area contributed by atoms with Gasteiger partial charge in [0.1, 0.15) is 6.23 Å². The molecule has 0 amide bonds. The maximum Gasteiger partial charge on any atom is 0.190 e. The molecule has 12 aliphatic rings. The Labute approximate surface area is 467 Å². The van der Waals surface area contributed by atoms with E-state index in [1.54, 1.807) is 29.2 Å². The Hall–Kier alpha value is -2.17. The zero-order valence-electron chi connectivity index (χ0n) is 47.1. The minimum atomic E-state index is -1.39. The Morgan fingerprint density at radius 3 is 2.47 bits per heavy atom. The minimum Gasteiger partial charge on any atom is -0.392 e. The number of aliphatic imine (C=N–C) groups is 1. The number of rotatable bonds is 7. The van der Waals surface area contributed by atoms with E-state index < -0.39 is 52.8 Å². The molecular formula is C63H94N6O6S2. The highest BCUT2D eigenvalue weighted by Gasteiger charge is 2.75. The van der Waals surface area contributed by atoms with Crippen molar-refractivity contribution in [3.8, 4) is 0 Å². The third-order valence-corrected chi connectivity index (χ3v) is 27.6. The van der Waals surface area contributed by atoms with Crippen LogP contribution >= 0.6 is 21.6 Å². The van der Waals surface area contributed by atoms with Crippen LogP contribution in [-0.2, 0) is 4.79 Å². The van der Waals surface area contributed by atoms with Gasteiger partial charge in [0.25, 0.3) is 0 Å². The number of aliphatic hydroxyl groups excluding tert-OH is 4. The number of guanidine groups is 1. The Kier molecular flexibility index (Phi) is 14.1. The third-order valence-electron chi connectivity index (χ3n) is 25.1. The molecule has 0 unspecified atom stereocenters. The van der Waals surface area contributed by atoms with Crippen molar-refractivity contribution in [2.24, 2.45) is 109 Å². The van der Waals surface area contributed by atoms with Gasteiger partial charge in [0.05, 0.1) is 30.2 Å². The fourth-order valence-electron chi connectivity index (χ4n) is 22.9. The van der Waals surface area contributed by atoms with E-state index in [2.05, 4.69) is 47.2 Å². The number of aliphatic hydroxyl groups is 5. The fraction of sp³-hybridized carbons (Fsp3) is 0.825. The van der Waals surface area contributed by atoms with E-state index in [4.69, 9.17) is 10.7 Å². The van der Waals surface area contributed by atoms with Gasteiger partial charge in [-0.15, -0.1) is 0 Å². The van der Waals surface area contributed by atoms with Crippen LogP contribution in [0.3, 0.4) is 0 Å². The average molecular weight is 1100 g/mol. The van der Waals surface area contributed by atoms with E-state index >= 15 is 4.79 Å². The summed E-state index contributed by atoms with van der Waals surface area (Å²) < 4.78 is 2.35. The van der Waals surface area contributed by atoms with Crippen molar-refractivity contribution >= 4 is 33.3 Å². The number of hydrogen-bond donors (Lipinski definition) is 8. The Balaban J connectivity index is 1.00. The van der Waals surface area contributed by atoms with Gasteiger partial charge in [-0.05, 0) is 192 Å². The topological polar surface area (TPSA) is 198 Å². The average Bonchev–Trinajstić information content (AvgIpc) is 3.98. The largest absolute Gasteiger partial charge is 0.392 e. The molecule has 424 valence electrons. The van der Waals surface area contributed by atoms with Gasteiger partial charge in [0, 0.05) is 78.0 Å². The summed E-state index contributed by atoms with van der Waals surface area (Å²) in [6.07, 6.45) is 25.9. The lowest BCUT2D eigenvalue weighted by Crippen LogP contribution is -2.70. The third kappa shape index (κ3) is 8.10. The Morgan fingerprint density at radius 2 is 1.70 bits per heavy atom. The number of nitrogens with one attached hydrogen (secondary N) is 2. The SMILES string of the molecule is CNC[C@H]1[C@@H](O)[C@@H](O)C[C@]2(C3CCCCC3)[C@@H]3C(=CC(=O)[C@H]12)[C@]1(O)[C@@H]2CSSC[C@H](n4ccnc4)CC(C)(C)C4=C5C[C@@H]6CC[C@@H]7CCC[C@]7(C6)[C@@H]5C5=C6[C@H](CCC5)C[C@H]([C@H](O)[C@H]64)[C@@H](C2)[C@@]1(C)C[C@@H]3CN=C(N)N[C@@H](C)O. The van der Waals surface area contributed by atoms with Crippen molar-refractivity contribution < 1.29 is 30.3 Å². The quantitative estimate of drug-likeness (QED) is 0.0425. The number of carbonyl (C=O) groups excluding carboxylic acids is 1. The first-order chi connectivity index (χ1) is 37.0. The zero-order valence-corrected chi connectivity index (χ0v) is 48.7. The van der Waals surface area contributed by atoms with Gasteiger partial charge in [-0.25, -0.2) is 4.98 Å². The minimum absolute atomic E-state index is 0.0137. The highest BCUT2D eigenvalue weighted by Crippen LogP contribution is 2.77. The molecule has 9 N–H and O–H groups in total. The second-order valence-corrected chi connectivity index (χ2v) is 31.5. The van der Waals surface area contributed by atoms with Crippen LogP contribution in [0.15, 0.2) is 57.7 Å². The van der Waals surface area contributed by atoms with Gasteiger partial charge < -0.3 is 46.5 Å². The smallest absolute Gasteiger partial charge is 0.190 e. The molecule has 21 atom stereocenters. The summed E-state index contributed by atoms with van der Waals surface area (Å²) in [5, 5.41) is 70.3. The molecule has 14 heteroatoms. The number of ketones is 1. The summed E-state index contributed by atoms with van der Waals surface area (Å²) in [5.74, 6) is 2.31. The maximum atomic E-state index is 15.9. The fourth-order valence-corrected chi connectivity index (χ4v) is 25.7. The zero-order chi connectivity index (χ0) is 53.6. The second-order valence-electron chi connectivity index (χ2n) is 28.9. The van der Waals surface area contributed by atoms with Crippen molar-refractivity contribution in [1.82, 2.24) is 20.2 Å². The van der Waals surface area contributed by atoms with Crippen LogP contribution in [0.5, 0.6) is 0 Å². The van der Waals surface area contributed by atoms with Crippen molar-refractivity contribution in [3.63, 3.8) is 0 Å². The van der Waals surface area contributed by atoms with E-state index in [9.17, 15) is 25.5 Å². The lowest BCUT2D eigenvalue weighted by molar-refractivity contribution is -0.204. The van der Waals surface area contributed by atoms with Crippen molar-refractivity contribution in [2.45, 2.75) is 192 Å². The summed E-state index contributed by atoms with van der Waals surface area (Å²) in [6, 6.07) is 0.180. The Bertz CT molecular complexity index is 2560. The number of nitrogens with zero attached hydrogens (tertiary/aromatic N) is 3. The van der Waals surface area contributed by atoms with Gasteiger partial charge in [-0.2, -0.15) is 0 Å². The molecule has 11 aliphatic carbocycles. The lowest BCUT2D eigenvalue weighted by Gasteiger charge is -2.67. The predicted molar refractivity (Wildman–Crippen MR) is 306 cm³/mol. The molecule has 0 aromatic carbocycles. The first-order valence-electron chi connectivity index (χ1n) is 31.1. The van der Waals surface area contributed by atoms with Crippen LogP contribution in [0.2, 0.25) is 0 Å². The lowest BCUT2D eigenvalue weighted by atomic mass is 9.37. The second kappa shape index (κ2) is 20.0. The van der Waals surface area contributed by atoms with Gasteiger partial charge in [0.15, 0.2) is 11.7 Å². The monoisotopic (exact) mass is 1090 g/mol. The molecule has 1 aromatic heterocycles. The van der Waals surface area contributed by atoms with Crippen LogP contribution in [0, 0.1) is 98.6 Å². The first-order valence-corrected chi connectivity index (χ1v) is 33.5. The maximum absolute atomic E-state index is 15.9. The molecule has 9 fully saturated rings. The molecule has 2 heterocycles. The predicted octanol–water partition coefficient (Wildman–Crippen LogP) is 9.15. The van der Waals surface area contributed by atoms with Crippen LogP contribution < -0.4 is 16.4 Å². The molecule has 1 spiro atoms. The summed E-state index contributed by atoms with van der Waals surface area (Å²) in [5.41, 5.74) is 11.4. The normalized spacial score (nSPS) is 47.9. The van der Waals surface area contributed by atoms with Crippen LogP contribution in [-0.4, -0.2) is 109 Å². The summed E-state index contributed by atoms with van der Waals surface area (Å²) in [6.45, 7) is 9.81. The van der Waals surface area contributed by atoms with Crippen molar-refractivity contribution in [3.05, 3.63) is 52.7 Å². The molecule has 1 saturated heterocycles. The summed E-state index contributed by atoms with van der Waals surface area (Å²) in [7, 11) is 5.69. The van der Waals surface area contributed by atoms with Gasteiger partial charge >= 0.3 is 0 Å². The van der Waals surface area contributed by atoms with Gasteiger partial charge in [-0.1, -0.05) is 90.3 Å². The number of carbonyl (C=O) groups is 1. The van der Waals surface area contributed by atoms with Crippen molar-refractivity contribution in [1.29, 1.82) is 0 Å². The summed E-state index contributed by atoms with van der Waals surface area (Å²) >= 11 is 0. The van der Waals surface area contributed by atoms with E-state index in [0.717, 1.165) is 75.0 Å². The van der Waals surface area contributed by atoms with Crippen molar-refractivity contribution in [2.75, 3.05) is 31.6 Å². The van der Waals surface area contributed by atoms with Gasteiger partial charge in [0.2, 0.25) is 0 Å². The number of hydrogen-bond acceptors (Lipinski definition) is 11. The highest BCUT2D eigenvalue weighted by atomic mass is 33.1. The van der Waals surface area contributed by atoms with Crippen LogP contribution in [0.1, 0.15) is 162 Å². The highest BCUT2D eigenvalue weighted by molar-refractivity contribution is 8.76. The number of fused-ring (bicyclic) bond motifs is 14. The molecule has 0 radical (unpaired) electrons. The number of imidazole rings is 1. The Morgan fingerprint density at radius 1 is 0.909 bits per heavy atom. The van der Waals surface area contributed by atoms with Crippen LogP contribution in [0.25, 0.3) is 0 Å². The molecule has 1 aliphatic heterocycles. The van der Waals surface area contributed by atoms with E-state index in [0.29, 0.717) is 54.9 Å². The molecule has 1 aromatic rings. The van der Waals surface area contributed by atoms with E-state index in [1.807, 2.05) is 47.2 Å². The summed E-state index contributed by atoms with van der Waals surface area (Å²) in [4.78, 5) is 25.6. The van der Waals surface area contributed by atoms with E-state index in [1.165, 1.54) is 57.8 Å². The van der Waals surface area contributed by atoms with Crippen LogP contribution in [0.4, 0.5) is 0 Å². The first kappa shape index (κ1) is 54.1. The van der Waals surface area contributed by atoms with Gasteiger partial charge in [-0.3, -0.25) is 9.79 Å². The molecule has 12 nitrogen and oxygen atoms in total. The molecule has 77 heavy (non-hydrogen) atoms. The number of aromatic nitrogens is 2. The molecule has 13 rings (SSSR count). The standard InChI is InChI=1S/C63H94N6O6S2/c1-34(70)68-58(64)67-29-37-26-60(4)46-23-40(63(60,75)47-24-48(71)54-45(30-65-5)56(73)49(72)28-62(54,52(37)47)39-12-7-6-8-13-39)31-76-77-32-41(69-20-19-66-33-69)27-59(2,3)55-44-21-35-16-17-38-14-10-18-61(38,25-35)53(44)42-15-9-11-36-22-43(46)57(74)51(55)50(36)42/h19-20,24,33-41,43,45-46,49,51-54,56-57,65,70,72-75H,6-18,21-23,25-32H2,1-5H3,(H3,64,67,68)/t34-,35+,36-,37-,38+,40+,41-,43+,45-,46-,49+,51-,52+,53-,54+,56-,57+,60-,61-,62+,63-/m1/s1. The van der Waals surface area contributed by atoms with E-state index in [-0.39, 0.29) is 64.6 Å². The number of allylic oxidation sites excluding steroid dienone is 3. The molecule has 6 bridgehead atoms. The molecular weight excluding hydrogens is 1000 g/mol. The number of nitrogens with two attached hydrogens (primary N) is 1.